The molecule has 2 aromatic rings. The molecule has 0 fully saturated rings. The van der Waals surface area contributed by atoms with Gasteiger partial charge in [-0.2, -0.15) is 0 Å². The summed E-state index contributed by atoms with van der Waals surface area (Å²) in [5.41, 5.74) is 1.50. The molecule has 0 spiro atoms. The van der Waals surface area contributed by atoms with Crippen LogP contribution in [0.3, 0.4) is 0 Å². The molecule has 1 aromatic carbocycles. The Bertz CT molecular complexity index is 813. The molecule has 1 amide bonds. The minimum atomic E-state index is -0.205. The van der Waals surface area contributed by atoms with Crippen molar-refractivity contribution in [2.24, 2.45) is 4.99 Å². The van der Waals surface area contributed by atoms with Gasteiger partial charge in [-0.25, -0.2) is 4.98 Å². The van der Waals surface area contributed by atoms with Gasteiger partial charge in [0.25, 0.3) is 5.91 Å². The van der Waals surface area contributed by atoms with Gasteiger partial charge >= 0.3 is 0 Å². The fraction of sp³-hybridized carbons (Fsp3) is 0.353. The molecule has 10 heteroatoms. The Morgan fingerprint density at radius 3 is 2.44 bits per heavy atom. The molecule has 0 bridgehead atoms. The summed E-state index contributed by atoms with van der Waals surface area (Å²) in [5, 5.41) is 11.0. The third-order valence-electron chi connectivity index (χ3n) is 3.52. The van der Waals surface area contributed by atoms with Gasteiger partial charge < -0.3 is 16.0 Å². The van der Waals surface area contributed by atoms with E-state index >= 15 is 0 Å². The highest BCUT2D eigenvalue weighted by atomic mass is 127. The number of hydrogen-bond acceptors (Lipinski definition) is 4. The van der Waals surface area contributed by atoms with Gasteiger partial charge in [0, 0.05) is 30.6 Å². The van der Waals surface area contributed by atoms with E-state index in [2.05, 4.69) is 25.9 Å². The molecule has 6 nitrogen and oxygen atoms in total. The molecule has 0 aliphatic rings. The zero-order chi connectivity index (χ0) is 19.1. The smallest absolute Gasteiger partial charge is 0.251 e. The highest BCUT2D eigenvalue weighted by Gasteiger charge is 2.08. The van der Waals surface area contributed by atoms with Crippen molar-refractivity contribution >= 4 is 70.4 Å². The Morgan fingerprint density at radius 1 is 1.15 bits per heavy atom. The quantitative estimate of drug-likeness (QED) is 0.225. The summed E-state index contributed by atoms with van der Waals surface area (Å²) in [5.74, 6) is 0.461. The van der Waals surface area contributed by atoms with Crippen LogP contribution in [-0.4, -0.2) is 37.0 Å². The Kier molecular flexibility index (Phi) is 10.4. The molecule has 0 saturated carbocycles. The highest BCUT2D eigenvalue weighted by molar-refractivity contribution is 14.0. The van der Waals surface area contributed by atoms with Gasteiger partial charge in [0.15, 0.2) is 5.96 Å². The van der Waals surface area contributed by atoms with Crippen molar-refractivity contribution < 1.29 is 4.79 Å². The van der Waals surface area contributed by atoms with Crippen molar-refractivity contribution in [3.8, 4) is 0 Å². The van der Waals surface area contributed by atoms with Gasteiger partial charge in [0.2, 0.25) is 0 Å². The van der Waals surface area contributed by atoms with E-state index < -0.39 is 0 Å². The number of aliphatic imine (C=N–C) groups is 1. The Balaban J connectivity index is 0.00000364. The lowest BCUT2D eigenvalue weighted by molar-refractivity contribution is 0.0954. The highest BCUT2D eigenvalue weighted by Crippen LogP contribution is 2.22. The molecule has 27 heavy (non-hydrogen) atoms. The third-order valence-corrected chi connectivity index (χ3v) is 5.34. The van der Waals surface area contributed by atoms with Crippen LogP contribution < -0.4 is 16.0 Å². The number of rotatable bonds is 6. The second kappa shape index (κ2) is 11.7. The first-order valence-electron chi connectivity index (χ1n) is 8.01. The summed E-state index contributed by atoms with van der Waals surface area (Å²) < 4.78 is 0. The summed E-state index contributed by atoms with van der Waals surface area (Å²) in [4.78, 5) is 21.8. The fourth-order valence-electron chi connectivity index (χ4n) is 2.22. The molecular formula is C17H22Cl2IN5OS. The van der Waals surface area contributed by atoms with Gasteiger partial charge in [-0.15, -0.1) is 35.3 Å². The number of aryl methyl sites for hydroxylation is 2. The standard InChI is InChI=1S/C17H21Cl2N5OS.HI/c1-10-15(26-11(2)24-10)9-23-17(20-3)22-7-6-21-16(25)12-4-5-13(18)14(19)8-12;/h4-5,8H,6-7,9H2,1-3H3,(H,21,25)(H2,20,22,23);1H. The average Bonchev–Trinajstić information content (AvgIpc) is 2.93. The number of carbonyl (C=O) groups is 1. The van der Waals surface area contributed by atoms with E-state index in [1.165, 1.54) is 4.88 Å². The molecule has 0 saturated heterocycles. The van der Waals surface area contributed by atoms with Crippen molar-refractivity contribution in [1.82, 2.24) is 20.9 Å². The molecule has 1 heterocycles. The number of nitrogens with one attached hydrogen (secondary N) is 3. The molecule has 148 valence electrons. The second-order valence-electron chi connectivity index (χ2n) is 5.48. The number of halogens is 3. The molecule has 3 N–H and O–H groups in total. The first-order chi connectivity index (χ1) is 12.4. The monoisotopic (exact) mass is 541 g/mol. The predicted molar refractivity (Wildman–Crippen MR) is 124 cm³/mol. The predicted octanol–water partition coefficient (Wildman–Crippen LogP) is 3.78. The largest absolute Gasteiger partial charge is 0.355 e. The maximum Gasteiger partial charge on any atom is 0.251 e. The van der Waals surface area contributed by atoms with Gasteiger partial charge in [0.05, 0.1) is 27.3 Å². The van der Waals surface area contributed by atoms with Crippen molar-refractivity contribution in [2.75, 3.05) is 20.1 Å². The van der Waals surface area contributed by atoms with Crippen LogP contribution >= 0.6 is 58.5 Å². The van der Waals surface area contributed by atoms with E-state index in [-0.39, 0.29) is 29.9 Å². The number of nitrogens with zero attached hydrogens (tertiary/aromatic N) is 2. The Hall–Kier alpha value is -1.10. The number of benzene rings is 1. The first kappa shape index (κ1) is 23.9. The van der Waals surface area contributed by atoms with Crippen LogP contribution in [0.5, 0.6) is 0 Å². The topological polar surface area (TPSA) is 78.4 Å². The fourth-order valence-corrected chi connectivity index (χ4v) is 3.39. The van der Waals surface area contributed by atoms with Crippen LogP contribution in [0.2, 0.25) is 10.0 Å². The minimum absolute atomic E-state index is 0. The molecular weight excluding hydrogens is 520 g/mol. The molecule has 0 aliphatic carbocycles. The van der Waals surface area contributed by atoms with E-state index in [1.54, 1.807) is 36.6 Å². The lowest BCUT2D eigenvalue weighted by Gasteiger charge is -2.12. The maximum absolute atomic E-state index is 12.1. The van der Waals surface area contributed by atoms with Crippen molar-refractivity contribution in [3.63, 3.8) is 0 Å². The number of amides is 1. The number of carbonyl (C=O) groups excluding carboxylic acids is 1. The number of hydrogen-bond donors (Lipinski definition) is 3. The van der Waals surface area contributed by atoms with Gasteiger partial charge in [-0.05, 0) is 32.0 Å². The van der Waals surface area contributed by atoms with Crippen molar-refractivity contribution in [3.05, 3.63) is 49.4 Å². The van der Waals surface area contributed by atoms with Crippen LogP contribution in [0.25, 0.3) is 0 Å². The zero-order valence-corrected chi connectivity index (χ0v) is 19.9. The summed E-state index contributed by atoms with van der Waals surface area (Å²) in [6.45, 7) is 5.62. The van der Waals surface area contributed by atoms with Crippen LogP contribution in [0.15, 0.2) is 23.2 Å². The van der Waals surface area contributed by atoms with E-state index in [0.717, 1.165) is 10.7 Å². The average molecular weight is 542 g/mol. The Morgan fingerprint density at radius 2 is 1.85 bits per heavy atom. The van der Waals surface area contributed by atoms with Crippen LogP contribution in [0.1, 0.15) is 25.9 Å². The lowest BCUT2D eigenvalue weighted by atomic mass is 10.2. The molecule has 0 radical (unpaired) electrons. The SMILES string of the molecule is CN=C(NCCNC(=O)c1ccc(Cl)c(Cl)c1)NCc1sc(C)nc1C.I. The van der Waals surface area contributed by atoms with E-state index in [1.807, 2.05) is 13.8 Å². The summed E-state index contributed by atoms with van der Waals surface area (Å²) >= 11 is 13.4. The van der Waals surface area contributed by atoms with Gasteiger partial charge in [0.1, 0.15) is 0 Å². The number of guanidine groups is 1. The van der Waals surface area contributed by atoms with E-state index in [9.17, 15) is 4.79 Å². The number of thiazole rings is 1. The summed E-state index contributed by atoms with van der Waals surface area (Å²) in [6, 6.07) is 4.79. The van der Waals surface area contributed by atoms with E-state index in [4.69, 9.17) is 23.2 Å². The molecule has 0 aliphatic heterocycles. The maximum atomic E-state index is 12.1. The molecule has 0 atom stereocenters. The minimum Gasteiger partial charge on any atom is -0.355 e. The lowest BCUT2D eigenvalue weighted by Crippen LogP contribution is -2.41. The number of aromatic nitrogens is 1. The zero-order valence-electron chi connectivity index (χ0n) is 15.2. The van der Waals surface area contributed by atoms with Crippen LogP contribution in [-0.2, 0) is 6.54 Å². The second-order valence-corrected chi connectivity index (χ2v) is 7.58. The Labute approximate surface area is 190 Å². The normalized spacial score (nSPS) is 10.9. The van der Waals surface area contributed by atoms with Gasteiger partial charge in [-0.1, -0.05) is 23.2 Å². The van der Waals surface area contributed by atoms with Crippen LogP contribution in [0.4, 0.5) is 0 Å². The molecule has 2 rings (SSSR count). The summed E-state index contributed by atoms with van der Waals surface area (Å²) in [7, 11) is 1.70. The first-order valence-corrected chi connectivity index (χ1v) is 9.58. The summed E-state index contributed by atoms with van der Waals surface area (Å²) in [6.07, 6.45) is 0. The molecule has 1 aromatic heterocycles. The van der Waals surface area contributed by atoms with Crippen molar-refractivity contribution in [2.45, 2.75) is 20.4 Å². The molecule has 0 unspecified atom stereocenters. The van der Waals surface area contributed by atoms with Gasteiger partial charge in [-0.3, -0.25) is 9.79 Å². The van der Waals surface area contributed by atoms with Crippen LogP contribution in [0, 0.1) is 13.8 Å². The van der Waals surface area contributed by atoms with Crippen molar-refractivity contribution in [1.29, 1.82) is 0 Å². The van der Waals surface area contributed by atoms with E-state index in [0.29, 0.717) is 41.2 Å². The third kappa shape index (κ3) is 7.44.